The first-order chi connectivity index (χ1) is 3.85. The molecular weight excluding hydrogens is 174 g/mol. The van der Waals surface area contributed by atoms with Gasteiger partial charge in [-0.25, -0.2) is 0 Å². The normalized spacial score (nSPS) is 13.6. The first-order valence-electron chi connectivity index (χ1n) is 1.91. The topological polar surface area (TPSA) is 63.3 Å². The lowest BCUT2D eigenvalue weighted by molar-refractivity contribution is -0.174. The Hall–Kier alpha value is -0.490. The quantitative estimate of drug-likeness (QED) is 0.612. The van der Waals surface area contributed by atoms with Crippen LogP contribution >= 0.6 is 12.4 Å². The monoisotopic (exact) mass is 179 g/mol. The fourth-order valence-corrected chi connectivity index (χ4v) is 0.140. The van der Waals surface area contributed by atoms with Gasteiger partial charge in [-0.2, -0.15) is 13.2 Å². The van der Waals surface area contributed by atoms with Gasteiger partial charge in [0.25, 0.3) is 0 Å². The van der Waals surface area contributed by atoms with E-state index >= 15 is 0 Å². The van der Waals surface area contributed by atoms with Crippen molar-refractivity contribution in [2.45, 2.75) is 12.2 Å². The molecule has 0 aromatic heterocycles. The second-order valence-corrected chi connectivity index (χ2v) is 1.36. The molecule has 0 saturated heterocycles. The predicted molar refractivity (Wildman–Crippen MR) is 28.9 cm³/mol. The molecule has 3 nitrogen and oxygen atoms in total. The number of halogens is 4. The van der Waals surface area contributed by atoms with Crippen molar-refractivity contribution in [1.82, 2.24) is 0 Å². The van der Waals surface area contributed by atoms with Crippen LogP contribution in [0.5, 0.6) is 0 Å². The summed E-state index contributed by atoms with van der Waals surface area (Å²) >= 11 is 0. The highest BCUT2D eigenvalue weighted by Gasteiger charge is 2.41. The van der Waals surface area contributed by atoms with Gasteiger partial charge in [-0.1, -0.05) is 0 Å². The highest BCUT2D eigenvalue weighted by molar-refractivity contribution is 5.85. The molecule has 0 aliphatic heterocycles. The molecule has 62 valence electrons. The smallest absolute Gasteiger partial charge is 0.414 e. The first kappa shape index (κ1) is 12.2. The maximum absolute atomic E-state index is 11.2. The van der Waals surface area contributed by atoms with Crippen LogP contribution in [0.4, 0.5) is 13.2 Å². The average molecular weight is 180 g/mol. The summed E-state index contributed by atoms with van der Waals surface area (Å²) < 4.78 is 33.6. The van der Waals surface area contributed by atoms with Gasteiger partial charge >= 0.3 is 12.1 Å². The number of carboxylic acid groups (broad SMARTS) is 1. The molecule has 0 amide bonds. The Morgan fingerprint density at radius 1 is 1.50 bits per heavy atom. The third-order valence-corrected chi connectivity index (χ3v) is 0.619. The zero-order valence-corrected chi connectivity index (χ0v) is 5.37. The van der Waals surface area contributed by atoms with E-state index in [-0.39, 0.29) is 12.4 Å². The number of hydrogen-bond donors (Lipinski definition) is 2. The van der Waals surface area contributed by atoms with Crippen LogP contribution < -0.4 is 5.73 Å². The van der Waals surface area contributed by atoms with Gasteiger partial charge in [0.15, 0.2) is 6.04 Å². The lowest BCUT2D eigenvalue weighted by Gasteiger charge is -2.09. The van der Waals surface area contributed by atoms with Gasteiger partial charge in [-0.15, -0.1) is 12.4 Å². The Kier molecular flexibility index (Phi) is 4.42. The number of carbonyl (C=O) groups is 1. The molecule has 0 rings (SSSR count). The van der Waals surface area contributed by atoms with Gasteiger partial charge in [-0.05, 0) is 0 Å². The molecule has 3 N–H and O–H groups in total. The third-order valence-electron chi connectivity index (χ3n) is 0.619. The third kappa shape index (κ3) is 3.52. The molecule has 0 spiro atoms. The number of carboxylic acids is 1. The summed E-state index contributed by atoms with van der Waals surface area (Å²) in [6, 6.07) is -2.77. The predicted octanol–water partition coefficient (Wildman–Crippen LogP) is 0.382. The van der Waals surface area contributed by atoms with Gasteiger partial charge in [-0.3, -0.25) is 4.79 Å². The molecule has 0 heterocycles. The van der Waals surface area contributed by atoms with Crippen molar-refractivity contribution in [1.29, 1.82) is 0 Å². The second-order valence-electron chi connectivity index (χ2n) is 1.36. The van der Waals surface area contributed by atoms with E-state index < -0.39 is 18.2 Å². The molecule has 1 atom stereocenters. The first-order valence-corrected chi connectivity index (χ1v) is 1.91. The van der Waals surface area contributed by atoms with E-state index in [0.717, 1.165) is 0 Å². The zero-order chi connectivity index (χ0) is 7.65. The SMILES string of the molecule is Cl.N[C@H](C(=O)O)C(F)(F)F. The maximum Gasteiger partial charge on any atom is 0.414 e. The molecule has 0 aromatic carbocycles. The van der Waals surface area contributed by atoms with E-state index in [1.807, 2.05) is 0 Å². The number of nitrogens with two attached hydrogens (primary N) is 1. The van der Waals surface area contributed by atoms with Crippen molar-refractivity contribution >= 4 is 18.4 Å². The Morgan fingerprint density at radius 3 is 1.80 bits per heavy atom. The number of hydrogen-bond acceptors (Lipinski definition) is 2. The molecule has 0 fully saturated rings. The van der Waals surface area contributed by atoms with E-state index in [1.165, 1.54) is 0 Å². The van der Waals surface area contributed by atoms with Crippen LogP contribution in [0.1, 0.15) is 0 Å². The number of alkyl halides is 3. The zero-order valence-electron chi connectivity index (χ0n) is 4.55. The van der Waals surface area contributed by atoms with Crippen molar-refractivity contribution in [3.05, 3.63) is 0 Å². The molecule has 10 heavy (non-hydrogen) atoms. The summed E-state index contributed by atoms with van der Waals surface area (Å²) in [6.45, 7) is 0. The summed E-state index contributed by atoms with van der Waals surface area (Å²) in [5, 5.41) is 7.67. The highest BCUT2D eigenvalue weighted by atomic mass is 35.5. The standard InChI is InChI=1S/C3H4F3NO2.ClH/c4-3(5,6)1(7)2(8)9;/h1H,7H2,(H,8,9);1H/t1-;/m1./s1. The second kappa shape index (κ2) is 3.62. The van der Waals surface area contributed by atoms with Gasteiger partial charge in [0, 0.05) is 0 Å². The van der Waals surface area contributed by atoms with E-state index in [1.54, 1.807) is 0 Å². The molecule has 0 aromatic rings. The molecule has 0 bridgehead atoms. The van der Waals surface area contributed by atoms with Crippen LogP contribution in [0.25, 0.3) is 0 Å². The van der Waals surface area contributed by atoms with Crippen LogP contribution in [0, 0.1) is 0 Å². The summed E-state index contributed by atoms with van der Waals surface area (Å²) in [7, 11) is 0. The minimum absolute atomic E-state index is 0. The average Bonchev–Trinajstić information content (AvgIpc) is 1.62. The van der Waals surface area contributed by atoms with E-state index in [9.17, 15) is 18.0 Å². The minimum Gasteiger partial charge on any atom is -0.480 e. The lowest BCUT2D eigenvalue weighted by atomic mass is 10.3. The van der Waals surface area contributed by atoms with Crippen LogP contribution in [0.15, 0.2) is 0 Å². The van der Waals surface area contributed by atoms with Gasteiger partial charge in [0.05, 0.1) is 0 Å². The Morgan fingerprint density at radius 2 is 1.80 bits per heavy atom. The summed E-state index contributed by atoms with van der Waals surface area (Å²) in [5.74, 6) is -2.07. The van der Waals surface area contributed by atoms with Crippen molar-refractivity contribution in [2.75, 3.05) is 0 Å². The molecule has 0 saturated carbocycles. The highest BCUT2D eigenvalue weighted by Crippen LogP contribution is 2.17. The van der Waals surface area contributed by atoms with E-state index in [0.29, 0.717) is 0 Å². The Balaban J connectivity index is 0. The van der Waals surface area contributed by atoms with Crippen LogP contribution in [-0.4, -0.2) is 23.3 Å². The van der Waals surface area contributed by atoms with Gasteiger partial charge < -0.3 is 10.8 Å². The Labute approximate surface area is 60.4 Å². The summed E-state index contributed by atoms with van der Waals surface area (Å²) in [6.07, 6.45) is -4.84. The molecule has 0 aliphatic carbocycles. The van der Waals surface area contributed by atoms with Crippen LogP contribution in [-0.2, 0) is 4.79 Å². The van der Waals surface area contributed by atoms with E-state index in [4.69, 9.17) is 5.11 Å². The fraction of sp³-hybridized carbons (Fsp3) is 0.667. The largest absolute Gasteiger partial charge is 0.480 e. The summed E-state index contributed by atoms with van der Waals surface area (Å²) in [5.41, 5.74) is 4.17. The molecule has 0 aliphatic rings. The lowest BCUT2D eigenvalue weighted by Crippen LogP contribution is -2.44. The maximum atomic E-state index is 11.2. The summed E-state index contributed by atoms with van der Waals surface area (Å²) in [4.78, 5) is 9.50. The van der Waals surface area contributed by atoms with Gasteiger partial charge in [0.1, 0.15) is 0 Å². The molecule has 7 heteroatoms. The fourth-order valence-electron chi connectivity index (χ4n) is 0.140. The molecule has 0 radical (unpaired) electrons. The molecule has 0 unspecified atom stereocenters. The van der Waals surface area contributed by atoms with Gasteiger partial charge in [0.2, 0.25) is 0 Å². The van der Waals surface area contributed by atoms with Crippen molar-refractivity contribution < 1.29 is 23.1 Å². The van der Waals surface area contributed by atoms with Crippen molar-refractivity contribution in [3.63, 3.8) is 0 Å². The van der Waals surface area contributed by atoms with Crippen LogP contribution in [0.2, 0.25) is 0 Å². The van der Waals surface area contributed by atoms with Crippen molar-refractivity contribution in [3.8, 4) is 0 Å². The molecular formula is C3H5ClF3NO2. The van der Waals surface area contributed by atoms with Crippen LogP contribution in [0.3, 0.4) is 0 Å². The minimum atomic E-state index is -4.84. The van der Waals surface area contributed by atoms with E-state index in [2.05, 4.69) is 5.73 Å². The number of rotatable bonds is 1. The van der Waals surface area contributed by atoms with Crippen molar-refractivity contribution in [2.24, 2.45) is 5.73 Å². The Bertz CT molecular complexity index is 125. The number of aliphatic carboxylic acids is 1.